The van der Waals surface area contributed by atoms with Crippen molar-refractivity contribution in [2.24, 2.45) is 5.92 Å². The number of ketones is 1. The summed E-state index contributed by atoms with van der Waals surface area (Å²) in [5, 5.41) is 7.04. The molecule has 0 saturated carbocycles. The maximum atomic E-state index is 13.9. The van der Waals surface area contributed by atoms with Crippen molar-refractivity contribution in [1.82, 2.24) is 29.9 Å². The zero-order valence-electron chi connectivity index (χ0n) is 24.8. The Hall–Kier alpha value is -4.34. The first-order valence-electron chi connectivity index (χ1n) is 14.4. The second kappa shape index (κ2) is 11.5. The number of Topliss-reactive ketones (excluding diaryl/α,β-unsaturated/α-hetero) is 1. The summed E-state index contributed by atoms with van der Waals surface area (Å²) < 4.78 is 1.59. The van der Waals surface area contributed by atoms with Gasteiger partial charge in [0.1, 0.15) is 24.7 Å². The largest absolute Gasteiger partial charge is 0.340 e. The Balaban J connectivity index is 1.29. The second-order valence-electron chi connectivity index (χ2n) is 12.6. The molecule has 0 radical (unpaired) electrons. The van der Waals surface area contributed by atoms with Crippen LogP contribution in [0.25, 0.3) is 5.69 Å². The van der Waals surface area contributed by atoms with Gasteiger partial charge in [-0.3, -0.25) is 19.2 Å². The third kappa shape index (κ3) is 5.84. The normalized spacial score (nSPS) is 19.2. The number of carbonyl (C=O) groups excluding carboxylic acids is 4. The molecule has 2 aliphatic heterocycles. The van der Waals surface area contributed by atoms with Crippen molar-refractivity contribution >= 4 is 23.5 Å². The molecule has 0 bridgehead atoms. The maximum Gasteiger partial charge on any atom is 0.254 e. The van der Waals surface area contributed by atoms with Crippen LogP contribution in [0.1, 0.15) is 73.7 Å². The minimum atomic E-state index is -0.777. The van der Waals surface area contributed by atoms with E-state index in [1.54, 1.807) is 57.2 Å². The van der Waals surface area contributed by atoms with Gasteiger partial charge in [0, 0.05) is 17.7 Å². The predicted molar refractivity (Wildman–Crippen MR) is 157 cm³/mol. The Labute approximate surface area is 246 Å². The van der Waals surface area contributed by atoms with E-state index in [2.05, 4.69) is 36.2 Å². The Morgan fingerprint density at radius 1 is 0.976 bits per heavy atom. The minimum Gasteiger partial charge on any atom is -0.340 e. The van der Waals surface area contributed by atoms with Crippen LogP contribution in [0.15, 0.2) is 61.2 Å². The van der Waals surface area contributed by atoms with E-state index in [1.165, 1.54) is 6.33 Å². The van der Waals surface area contributed by atoms with Crippen LogP contribution in [-0.2, 0) is 15.0 Å². The summed E-state index contributed by atoms with van der Waals surface area (Å²) in [7, 11) is 0. The predicted octanol–water partition coefficient (Wildman–Crippen LogP) is 3.40. The fraction of sp³-hybridized carbons (Fsp3) is 0.438. The van der Waals surface area contributed by atoms with E-state index in [0.29, 0.717) is 30.5 Å². The summed E-state index contributed by atoms with van der Waals surface area (Å²) in [6, 6.07) is 12.5. The SMILES string of the molecule is CC(C)C[C@H](NC(=O)c1ccc(C(C)(C)C)cc1)C(=O)N1CC[C@@H]2[C@H]1C(=O)CN2C(=O)c1ccc(-n2cncn2)cc1. The number of aromatic nitrogens is 3. The molecular weight excluding hydrogens is 532 g/mol. The van der Waals surface area contributed by atoms with Crippen molar-refractivity contribution in [1.29, 1.82) is 0 Å². The van der Waals surface area contributed by atoms with Gasteiger partial charge in [0.2, 0.25) is 5.91 Å². The lowest BCUT2D eigenvalue weighted by molar-refractivity contribution is -0.138. The lowest BCUT2D eigenvalue weighted by Crippen LogP contribution is -2.53. The molecule has 0 spiro atoms. The van der Waals surface area contributed by atoms with Crippen LogP contribution in [0.5, 0.6) is 0 Å². The van der Waals surface area contributed by atoms with E-state index in [1.807, 2.05) is 26.0 Å². The van der Waals surface area contributed by atoms with E-state index >= 15 is 0 Å². The summed E-state index contributed by atoms with van der Waals surface area (Å²) in [5.41, 5.74) is 2.77. The van der Waals surface area contributed by atoms with Gasteiger partial charge in [-0.15, -0.1) is 0 Å². The highest BCUT2D eigenvalue weighted by Gasteiger charge is 2.52. The number of nitrogens with one attached hydrogen (secondary N) is 1. The third-order valence-corrected chi connectivity index (χ3v) is 8.09. The molecule has 2 fully saturated rings. The molecule has 220 valence electrons. The summed E-state index contributed by atoms with van der Waals surface area (Å²) in [6.07, 6.45) is 3.95. The van der Waals surface area contributed by atoms with Crippen molar-refractivity contribution in [2.75, 3.05) is 13.1 Å². The molecule has 2 aliphatic rings. The van der Waals surface area contributed by atoms with E-state index < -0.39 is 18.1 Å². The fourth-order valence-electron chi connectivity index (χ4n) is 5.86. The van der Waals surface area contributed by atoms with E-state index in [4.69, 9.17) is 0 Å². The number of fused-ring (bicyclic) bond motifs is 1. The number of hydrogen-bond donors (Lipinski definition) is 1. The first kappa shape index (κ1) is 29.2. The number of hydrogen-bond acceptors (Lipinski definition) is 6. The fourth-order valence-corrected chi connectivity index (χ4v) is 5.86. The highest BCUT2D eigenvalue weighted by molar-refractivity contribution is 6.03. The average molecular weight is 571 g/mol. The molecule has 5 rings (SSSR count). The molecular formula is C32H38N6O4. The molecule has 3 atom stereocenters. The van der Waals surface area contributed by atoms with Crippen LogP contribution < -0.4 is 5.32 Å². The molecule has 2 saturated heterocycles. The number of nitrogens with zero attached hydrogens (tertiary/aromatic N) is 5. The summed E-state index contributed by atoms with van der Waals surface area (Å²) in [6.45, 7) is 10.6. The van der Waals surface area contributed by atoms with Gasteiger partial charge >= 0.3 is 0 Å². The van der Waals surface area contributed by atoms with Gasteiger partial charge in [0.15, 0.2) is 5.78 Å². The van der Waals surface area contributed by atoms with Crippen LogP contribution in [0, 0.1) is 5.92 Å². The van der Waals surface area contributed by atoms with Crippen LogP contribution in [0.4, 0.5) is 0 Å². The van der Waals surface area contributed by atoms with Crippen LogP contribution >= 0.6 is 0 Å². The van der Waals surface area contributed by atoms with Gasteiger partial charge in [0.05, 0.1) is 18.3 Å². The summed E-state index contributed by atoms with van der Waals surface area (Å²) >= 11 is 0. The number of carbonyl (C=O) groups is 4. The van der Waals surface area contributed by atoms with Crippen LogP contribution in [0.3, 0.4) is 0 Å². The van der Waals surface area contributed by atoms with Gasteiger partial charge in [0.25, 0.3) is 11.8 Å². The quantitative estimate of drug-likeness (QED) is 0.465. The maximum absolute atomic E-state index is 13.9. The van der Waals surface area contributed by atoms with E-state index in [0.717, 1.165) is 11.3 Å². The molecule has 2 aromatic carbocycles. The van der Waals surface area contributed by atoms with Gasteiger partial charge in [-0.25, -0.2) is 9.67 Å². The summed E-state index contributed by atoms with van der Waals surface area (Å²) in [5.74, 6) is -0.879. The summed E-state index contributed by atoms with van der Waals surface area (Å²) in [4.78, 5) is 60.8. The topological polar surface area (TPSA) is 118 Å². The Kier molecular flexibility index (Phi) is 7.99. The lowest BCUT2D eigenvalue weighted by atomic mass is 9.86. The van der Waals surface area contributed by atoms with E-state index in [9.17, 15) is 19.2 Å². The first-order chi connectivity index (χ1) is 19.9. The first-order valence-corrected chi connectivity index (χ1v) is 14.4. The molecule has 3 heterocycles. The van der Waals surface area contributed by atoms with Crippen LogP contribution in [0.2, 0.25) is 0 Å². The molecule has 0 unspecified atom stereocenters. The highest BCUT2D eigenvalue weighted by atomic mass is 16.2. The van der Waals surface area contributed by atoms with Crippen molar-refractivity contribution < 1.29 is 19.2 Å². The van der Waals surface area contributed by atoms with E-state index in [-0.39, 0.29) is 41.4 Å². The number of likely N-dealkylation sites (tertiary alicyclic amines) is 2. The molecule has 3 amide bonds. The van der Waals surface area contributed by atoms with Gasteiger partial charge < -0.3 is 15.1 Å². The van der Waals surface area contributed by atoms with Crippen molar-refractivity contribution in [3.63, 3.8) is 0 Å². The molecule has 10 heteroatoms. The molecule has 0 aliphatic carbocycles. The Bertz CT molecular complexity index is 1460. The van der Waals surface area contributed by atoms with Crippen LogP contribution in [-0.4, -0.2) is 79.3 Å². The van der Waals surface area contributed by atoms with Crippen molar-refractivity contribution in [2.45, 2.75) is 71.0 Å². The third-order valence-electron chi connectivity index (χ3n) is 8.09. The lowest BCUT2D eigenvalue weighted by Gasteiger charge is -2.29. The zero-order chi connectivity index (χ0) is 30.2. The molecule has 10 nitrogen and oxygen atoms in total. The number of benzene rings is 2. The monoisotopic (exact) mass is 570 g/mol. The Morgan fingerprint density at radius 2 is 1.64 bits per heavy atom. The average Bonchev–Trinajstić information content (AvgIpc) is 3.71. The Morgan fingerprint density at radius 3 is 2.24 bits per heavy atom. The smallest absolute Gasteiger partial charge is 0.254 e. The number of rotatable bonds is 7. The van der Waals surface area contributed by atoms with Crippen molar-refractivity contribution in [3.8, 4) is 5.69 Å². The zero-order valence-corrected chi connectivity index (χ0v) is 24.8. The number of amides is 3. The van der Waals surface area contributed by atoms with Crippen molar-refractivity contribution in [3.05, 3.63) is 77.9 Å². The molecule has 42 heavy (non-hydrogen) atoms. The molecule has 1 aromatic heterocycles. The van der Waals surface area contributed by atoms with Gasteiger partial charge in [-0.1, -0.05) is 46.8 Å². The molecule has 3 aromatic rings. The standard InChI is InChI=1S/C32H38N6O4/c1-20(2)16-25(35-29(40)21-6-10-23(11-7-21)32(3,4)5)31(42)36-15-14-26-28(36)27(39)17-37(26)30(41)22-8-12-24(13-9-22)38-19-33-18-34-38/h6-13,18-20,25-26,28H,14-17H2,1-5H3,(H,35,40)/t25-,26+,28-/m0/s1. The molecule has 1 N–H and O–H groups in total. The second-order valence-corrected chi connectivity index (χ2v) is 12.6. The minimum absolute atomic E-state index is 0.0397. The highest BCUT2D eigenvalue weighted by Crippen LogP contribution is 2.32. The van der Waals surface area contributed by atoms with Gasteiger partial charge in [-0.05, 0) is 66.1 Å². The van der Waals surface area contributed by atoms with Gasteiger partial charge in [-0.2, -0.15) is 5.10 Å².